The Morgan fingerprint density at radius 3 is 2.38 bits per heavy atom. The molecule has 1 atom stereocenters. The van der Waals surface area contributed by atoms with Crippen molar-refractivity contribution in [3.05, 3.63) is 89.3 Å². The van der Waals surface area contributed by atoms with Crippen molar-refractivity contribution < 1.29 is 4.74 Å². The van der Waals surface area contributed by atoms with Crippen LogP contribution in [0.4, 0.5) is 0 Å². The summed E-state index contributed by atoms with van der Waals surface area (Å²) in [7, 11) is 1.70. The fourth-order valence-electron chi connectivity index (χ4n) is 3.85. The first-order valence-corrected chi connectivity index (χ1v) is 9.29. The van der Waals surface area contributed by atoms with Gasteiger partial charge in [-0.25, -0.2) is 0 Å². The molecular weight excluding hydrogens is 318 g/mol. The molecule has 1 heterocycles. The predicted octanol–water partition coefficient (Wildman–Crippen LogP) is 5.93. The molecule has 4 rings (SSSR count). The molecule has 1 aliphatic rings. The summed E-state index contributed by atoms with van der Waals surface area (Å²) in [4.78, 5) is 0. The highest BCUT2D eigenvalue weighted by molar-refractivity contribution is 5.74. The number of rotatable bonds is 4. The number of aryl methyl sites for hydroxylation is 2. The molecule has 0 spiro atoms. The molecule has 0 fully saturated rings. The lowest BCUT2D eigenvalue weighted by molar-refractivity contribution is 0.414. The molecule has 0 amide bonds. The van der Waals surface area contributed by atoms with Crippen LogP contribution in [0.25, 0.3) is 11.3 Å². The maximum absolute atomic E-state index is 5.31. The van der Waals surface area contributed by atoms with E-state index in [0.29, 0.717) is 5.92 Å². The molecular formula is C24H25NO. The highest BCUT2D eigenvalue weighted by Gasteiger charge is 2.23. The number of benzene rings is 2. The van der Waals surface area contributed by atoms with E-state index in [1.54, 1.807) is 7.11 Å². The van der Waals surface area contributed by atoms with Gasteiger partial charge in [0.25, 0.3) is 0 Å². The molecule has 2 nitrogen and oxygen atoms in total. The summed E-state index contributed by atoms with van der Waals surface area (Å²) in [5.74, 6) is 1.26. The largest absolute Gasteiger partial charge is 0.497 e. The van der Waals surface area contributed by atoms with Gasteiger partial charge < -0.3 is 9.30 Å². The lowest BCUT2D eigenvalue weighted by Crippen LogP contribution is -2.09. The van der Waals surface area contributed by atoms with Gasteiger partial charge in [-0.2, -0.15) is 0 Å². The predicted molar refractivity (Wildman–Crippen MR) is 108 cm³/mol. The highest BCUT2D eigenvalue weighted by Crippen LogP contribution is 2.39. The fraction of sp³-hybridized carbons (Fsp3) is 0.250. The molecule has 0 bridgehead atoms. The molecule has 1 unspecified atom stereocenters. The van der Waals surface area contributed by atoms with Gasteiger partial charge in [0.15, 0.2) is 0 Å². The Balaban J connectivity index is 1.75. The van der Waals surface area contributed by atoms with Crippen molar-refractivity contribution in [1.29, 1.82) is 0 Å². The number of allylic oxidation sites excluding steroid dienone is 2. The minimum Gasteiger partial charge on any atom is -0.497 e. The molecule has 1 aromatic heterocycles. The first kappa shape index (κ1) is 16.7. The minimum absolute atomic E-state index is 0.376. The molecule has 0 saturated heterocycles. The molecule has 0 saturated carbocycles. The SMILES string of the molecule is COc1ccc(-n2ccc3c2C(C(C)c2ccc(C)cc2)=CCC3)cc1. The van der Waals surface area contributed by atoms with E-state index in [2.05, 4.69) is 73.2 Å². The van der Waals surface area contributed by atoms with Crippen molar-refractivity contribution in [1.82, 2.24) is 4.57 Å². The van der Waals surface area contributed by atoms with Crippen molar-refractivity contribution in [2.75, 3.05) is 7.11 Å². The maximum atomic E-state index is 5.31. The average molecular weight is 343 g/mol. The molecule has 3 aromatic rings. The second kappa shape index (κ2) is 6.87. The van der Waals surface area contributed by atoms with Crippen LogP contribution in [-0.2, 0) is 6.42 Å². The van der Waals surface area contributed by atoms with Gasteiger partial charge in [-0.15, -0.1) is 0 Å². The van der Waals surface area contributed by atoms with E-state index in [9.17, 15) is 0 Å². The van der Waals surface area contributed by atoms with Crippen LogP contribution < -0.4 is 4.74 Å². The number of fused-ring (bicyclic) bond motifs is 1. The van der Waals surface area contributed by atoms with Crippen LogP contribution in [0, 0.1) is 6.92 Å². The van der Waals surface area contributed by atoms with Gasteiger partial charge in [-0.1, -0.05) is 42.8 Å². The third kappa shape index (κ3) is 2.96. The first-order valence-electron chi connectivity index (χ1n) is 9.29. The normalized spacial score (nSPS) is 14.5. The van der Waals surface area contributed by atoms with Crippen molar-refractivity contribution >= 4 is 5.57 Å². The summed E-state index contributed by atoms with van der Waals surface area (Å²) in [6.07, 6.45) is 6.86. The van der Waals surface area contributed by atoms with Gasteiger partial charge in [-0.3, -0.25) is 0 Å². The topological polar surface area (TPSA) is 14.2 Å². The van der Waals surface area contributed by atoms with Crippen LogP contribution in [0.1, 0.15) is 41.6 Å². The molecule has 26 heavy (non-hydrogen) atoms. The van der Waals surface area contributed by atoms with Crippen LogP contribution in [0.5, 0.6) is 5.75 Å². The number of aromatic nitrogens is 1. The standard InChI is InChI=1S/C24H25NO/c1-17-7-9-19(10-8-17)18(2)23-6-4-5-20-15-16-25(24(20)23)21-11-13-22(26-3)14-12-21/h6-16,18H,4-5H2,1-3H3. The zero-order valence-corrected chi connectivity index (χ0v) is 15.7. The van der Waals surface area contributed by atoms with Crippen molar-refractivity contribution in [3.63, 3.8) is 0 Å². The Kier molecular flexibility index (Phi) is 4.42. The number of hydrogen-bond donors (Lipinski definition) is 0. The number of hydrogen-bond acceptors (Lipinski definition) is 1. The van der Waals surface area contributed by atoms with Crippen LogP contribution in [0.3, 0.4) is 0 Å². The average Bonchev–Trinajstić information content (AvgIpc) is 3.12. The Hall–Kier alpha value is -2.74. The van der Waals surface area contributed by atoms with Gasteiger partial charge in [0.1, 0.15) is 5.75 Å². The maximum Gasteiger partial charge on any atom is 0.119 e. The van der Waals surface area contributed by atoms with E-state index in [1.165, 1.54) is 33.6 Å². The van der Waals surface area contributed by atoms with Crippen LogP contribution in [0.2, 0.25) is 0 Å². The fourth-order valence-corrected chi connectivity index (χ4v) is 3.85. The molecule has 1 aliphatic carbocycles. The molecule has 2 heteroatoms. The van der Waals surface area contributed by atoms with Crippen molar-refractivity contribution in [2.45, 2.75) is 32.6 Å². The van der Waals surface area contributed by atoms with E-state index in [4.69, 9.17) is 4.74 Å². The Morgan fingerprint density at radius 1 is 0.962 bits per heavy atom. The van der Waals surface area contributed by atoms with Gasteiger partial charge in [0.05, 0.1) is 12.8 Å². The molecule has 132 valence electrons. The summed E-state index contributed by atoms with van der Waals surface area (Å²) >= 11 is 0. The van der Waals surface area contributed by atoms with E-state index >= 15 is 0 Å². The zero-order valence-electron chi connectivity index (χ0n) is 15.7. The minimum atomic E-state index is 0.376. The molecule has 2 aromatic carbocycles. The molecule has 0 aliphatic heterocycles. The summed E-state index contributed by atoms with van der Waals surface area (Å²) in [5, 5.41) is 0. The van der Waals surface area contributed by atoms with Gasteiger partial charge in [0.2, 0.25) is 0 Å². The van der Waals surface area contributed by atoms with E-state index in [1.807, 2.05) is 12.1 Å². The van der Waals surface area contributed by atoms with Crippen molar-refractivity contribution in [3.8, 4) is 11.4 Å². The van der Waals surface area contributed by atoms with Gasteiger partial charge in [0, 0.05) is 17.8 Å². The number of nitrogens with zero attached hydrogens (tertiary/aromatic N) is 1. The quantitative estimate of drug-likeness (QED) is 0.573. The zero-order chi connectivity index (χ0) is 18.1. The Morgan fingerprint density at radius 2 is 1.69 bits per heavy atom. The van der Waals surface area contributed by atoms with E-state index in [0.717, 1.165) is 18.6 Å². The Labute approximate surface area is 155 Å². The molecule has 0 N–H and O–H groups in total. The van der Waals surface area contributed by atoms with Crippen LogP contribution in [-0.4, -0.2) is 11.7 Å². The second-order valence-corrected chi connectivity index (χ2v) is 7.09. The Bertz CT molecular complexity index is 929. The molecule has 0 radical (unpaired) electrons. The number of methoxy groups -OCH3 is 1. The summed E-state index contributed by atoms with van der Waals surface area (Å²) in [6.45, 7) is 4.46. The van der Waals surface area contributed by atoms with E-state index < -0.39 is 0 Å². The third-order valence-corrected chi connectivity index (χ3v) is 5.42. The second-order valence-electron chi connectivity index (χ2n) is 7.09. The smallest absolute Gasteiger partial charge is 0.119 e. The monoisotopic (exact) mass is 343 g/mol. The van der Waals surface area contributed by atoms with Gasteiger partial charge >= 0.3 is 0 Å². The third-order valence-electron chi connectivity index (χ3n) is 5.42. The van der Waals surface area contributed by atoms with Crippen LogP contribution in [0.15, 0.2) is 66.9 Å². The summed E-state index contributed by atoms with van der Waals surface area (Å²) in [6, 6.07) is 19.5. The van der Waals surface area contributed by atoms with Crippen molar-refractivity contribution in [2.24, 2.45) is 0 Å². The number of ether oxygens (including phenoxy) is 1. The van der Waals surface area contributed by atoms with Gasteiger partial charge in [-0.05, 0) is 66.8 Å². The lowest BCUT2D eigenvalue weighted by atomic mass is 9.85. The highest BCUT2D eigenvalue weighted by atomic mass is 16.5. The first-order chi connectivity index (χ1) is 12.7. The summed E-state index contributed by atoms with van der Waals surface area (Å²) < 4.78 is 7.63. The van der Waals surface area contributed by atoms with Crippen LogP contribution >= 0.6 is 0 Å². The van der Waals surface area contributed by atoms with E-state index in [-0.39, 0.29) is 0 Å². The lowest BCUT2D eigenvalue weighted by Gasteiger charge is -2.24. The summed E-state index contributed by atoms with van der Waals surface area (Å²) in [5.41, 5.74) is 8.08.